The lowest BCUT2D eigenvalue weighted by Gasteiger charge is -2.46. The van der Waals surface area contributed by atoms with Gasteiger partial charge in [0.1, 0.15) is 5.82 Å². The minimum atomic E-state index is -0.333. The van der Waals surface area contributed by atoms with Crippen molar-refractivity contribution in [2.24, 2.45) is 5.92 Å². The SMILES string of the molecule is CC(C)CC1CN(Cc2ccc(Cl)c(F)c2)C(C)(C)CN1. The Morgan fingerprint density at radius 3 is 2.76 bits per heavy atom. The number of rotatable bonds is 4. The van der Waals surface area contributed by atoms with Gasteiger partial charge in [-0.1, -0.05) is 31.5 Å². The number of nitrogens with one attached hydrogen (secondary N) is 1. The molecule has 0 saturated carbocycles. The minimum absolute atomic E-state index is 0.0730. The second-order valence-electron chi connectivity index (χ2n) is 7.15. The average molecular weight is 313 g/mol. The van der Waals surface area contributed by atoms with Crippen molar-refractivity contribution < 1.29 is 4.39 Å². The van der Waals surface area contributed by atoms with Crippen molar-refractivity contribution in [1.82, 2.24) is 10.2 Å². The second kappa shape index (κ2) is 6.64. The van der Waals surface area contributed by atoms with Crippen LogP contribution in [0.3, 0.4) is 0 Å². The highest BCUT2D eigenvalue weighted by Gasteiger charge is 2.33. The first-order chi connectivity index (χ1) is 9.78. The molecule has 1 N–H and O–H groups in total. The fourth-order valence-electron chi connectivity index (χ4n) is 2.95. The largest absolute Gasteiger partial charge is 0.311 e. The summed E-state index contributed by atoms with van der Waals surface area (Å²) in [4.78, 5) is 2.44. The Labute approximate surface area is 132 Å². The number of piperazine rings is 1. The molecule has 118 valence electrons. The minimum Gasteiger partial charge on any atom is -0.311 e. The molecule has 1 aliphatic heterocycles. The molecule has 1 heterocycles. The molecule has 1 atom stereocenters. The maximum Gasteiger partial charge on any atom is 0.142 e. The van der Waals surface area contributed by atoms with Gasteiger partial charge in [0.2, 0.25) is 0 Å². The summed E-state index contributed by atoms with van der Waals surface area (Å²) in [6, 6.07) is 5.63. The molecule has 1 aliphatic rings. The van der Waals surface area contributed by atoms with Crippen molar-refractivity contribution in [3.8, 4) is 0 Å². The fourth-order valence-corrected chi connectivity index (χ4v) is 3.07. The molecule has 0 radical (unpaired) electrons. The van der Waals surface area contributed by atoms with Gasteiger partial charge in [-0.15, -0.1) is 0 Å². The van der Waals surface area contributed by atoms with Crippen molar-refractivity contribution in [2.75, 3.05) is 13.1 Å². The van der Waals surface area contributed by atoms with E-state index in [2.05, 4.69) is 37.9 Å². The Morgan fingerprint density at radius 2 is 2.14 bits per heavy atom. The number of hydrogen-bond acceptors (Lipinski definition) is 2. The molecule has 0 aliphatic carbocycles. The third-order valence-electron chi connectivity index (χ3n) is 4.23. The van der Waals surface area contributed by atoms with Gasteiger partial charge in [0.25, 0.3) is 0 Å². The van der Waals surface area contributed by atoms with Crippen LogP contribution in [-0.4, -0.2) is 29.6 Å². The van der Waals surface area contributed by atoms with Crippen molar-refractivity contribution in [2.45, 2.75) is 52.2 Å². The van der Waals surface area contributed by atoms with Crippen LogP contribution in [0.25, 0.3) is 0 Å². The lowest BCUT2D eigenvalue weighted by atomic mass is 9.93. The fraction of sp³-hybridized carbons (Fsp3) is 0.647. The lowest BCUT2D eigenvalue weighted by molar-refractivity contribution is 0.0535. The van der Waals surface area contributed by atoms with E-state index in [0.717, 1.165) is 25.2 Å². The molecular weight excluding hydrogens is 287 g/mol. The van der Waals surface area contributed by atoms with Crippen LogP contribution < -0.4 is 5.32 Å². The molecular formula is C17H26ClFN2. The standard InChI is InChI=1S/C17H26ClFN2/c1-12(2)7-14-10-21(17(3,4)11-20-14)9-13-5-6-15(18)16(19)8-13/h5-6,8,12,14,20H,7,9-11H2,1-4H3. The molecule has 0 amide bonds. The van der Waals surface area contributed by atoms with Crippen LogP contribution in [0.15, 0.2) is 18.2 Å². The highest BCUT2D eigenvalue weighted by atomic mass is 35.5. The first kappa shape index (κ1) is 16.7. The number of hydrogen-bond donors (Lipinski definition) is 1. The van der Waals surface area contributed by atoms with Gasteiger partial charge < -0.3 is 5.32 Å². The summed E-state index contributed by atoms with van der Waals surface area (Å²) in [5.41, 5.74) is 1.05. The van der Waals surface area contributed by atoms with Gasteiger partial charge in [-0.2, -0.15) is 0 Å². The summed E-state index contributed by atoms with van der Waals surface area (Å²) in [7, 11) is 0. The quantitative estimate of drug-likeness (QED) is 0.901. The highest BCUT2D eigenvalue weighted by molar-refractivity contribution is 6.30. The first-order valence-corrected chi connectivity index (χ1v) is 8.08. The van der Waals surface area contributed by atoms with Crippen LogP contribution >= 0.6 is 11.6 Å². The van der Waals surface area contributed by atoms with E-state index in [-0.39, 0.29) is 16.4 Å². The molecule has 1 aromatic rings. The van der Waals surface area contributed by atoms with Crippen LogP contribution in [-0.2, 0) is 6.54 Å². The molecule has 0 bridgehead atoms. The van der Waals surface area contributed by atoms with Crippen LogP contribution in [0.2, 0.25) is 5.02 Å². The van der Waals surface area contributed by atoms with Crippen molar-refractivity contribution in [1.29, 1.82) is 0 Å². The summed E-state index contributed by atoms with van der Waals surface area (Å²) in [5.74, 6) is 0.347. The molecule has 21 heavy (non-hydrogen) atoms. The van der Waals surface area contributed by atoms with E-state index in [1.165, 1.54) is 6.42 Å². The van der Waals surface area contributed by atoms with E-state index in [1.54, 1.807) is 12.1 Å². The van der Waals surface area contributed by atoms with E-state index in [0.29, 0.717) is 12.0 Å². The Kier molecular flexibility index (Phi) is 5.29. The number of nitrogens with zero attached hydrogens (tertiary/aromatic N) is 1. The lowest BCUT2D eigenvalue weighted by Crippen LogP contribution is -2.61. The van der Waals surface area contributed by atoms with Gasteiger partial charge in [-0.3, -0.25) is 4.90 Å². The molecule has 0 aromatic heterocycles. The number of halogens is 2. The maximum atomic E-state index is 13.6. The molecule has 2 rings (SSSR count). The smallest absolute Gasteiger partial charge is 0.142 e. The monoisotopic (exact) mass is 312 g/mol. The molecule has 0 spiro atoms. The maximum absolute atomic E-state index is 13.6. The molecule has 1 saturated heterocycles. The molecule has 1 unspecified atom stereocenters. The highest BCUT2D eigenvalue weighted by Crippen LogP contribution is 2.25. The zero-order valence-corrected chi connectivity index (χ0v) is 14.2. The summed E-state index contributed by atoms with van der Waals surface area (Å²) >= 11 is 5.76. The topological polar surface area (TPSA) is 15.3 Å². The van der Waals surface area contributed by atoms with Gasteiger partial charge in [-0.05, 0) is 43.9 Å². The van der Waals surface area contributed by atoms with Crippen LogP contribution in [0.1, 0.15) is 39.7 Å². The van der Waals surface area contributed by atoms with Gasteiger partial charge in [0.05, 0.1) is 5.02 Å². The number of benzene rings is 1. The Hall–Kier alpha value is -0.640. The summed E-state index contributed by atoms with van der Waals surface area (Å²) in [6.07, 6.45) is 1.17. The molecule has 1 fully saturated rings. The Bertz CT molecular complexity index is 488. The molecule has 2 nitrogen and oxygen atoms in total. The van der Waals surface area contributed by atoms with Gasteiger partial charge in [-0.25, -0.2) is 4.39 Å². The zero-order valence-electron chi connectivity index (χ0n) is 13.4. The van der Waals surface area contributed by atoms with E-state index in [9.17, 15) is 4.39 Å². The van der Waals surface area contributed by atoms with Crippen molar-refractivity contribution in [3.63, 3.8) is 0 Å². The van der Waals surface area contributed by atoms with Gasteiger partial charge >= 0.3 is 0 Å². The van der Waals surface area contributed by atoms with Crippen LogP contribution in [0.4, 0.5) is 4.39 Å². The van der Waals surface area contributed by atoms with E-state index >= 15 is 0 Å². The third-order valence-corrected chi connectivity index (χ3v) is 4.54. The Balaban J connectivity index is 2.08. The molecule has 1 aromatic carbocycles. The normalized spacial score (nSPS) is 22.7. The van der Waals surface area contributed by atoms with Crippen LogP contribution in [0.5, 0.6) is 0 Å². The third kappa shape index (κ3) is 4.41. The van der Waals surface area contributed by atoms with Crippen LogP contribution in [0, 0.1) is 11.7 Å². The van der Waals surface area contributed by atoms with Gasteiger partial charge in [0.15, 0.2) is 0 Å². The molecule has 4 heteroatoms. The summed E-state index contributed by atoms with van der Waals surface area (Å²) in [6.45, 7) is 11.7. The Morgan fingerprint density at radius 1 is 1.43 bits per heavy atom. The summed E-state index contributed by atoms with van der Waals surface area (Å²) in [5, 5.41) is 3.83. The second-order valence-corrected chi connectivity index (χ2v) is 7.56. The van der Waals surface area contributed by atoms with E-state index in [1.807, 2.05) is 6.07 Å². The van der Waals surface area contributed by atoms with E-state index in [4.69, 9.17) is 11.6 Å². The zero-order chi connectivity index (χ0) is 15.6. The predicted molar refractivity (Wildman–Crippen MR) is 87.1 cm³/mol. The average Bonchev–Trinajstić information content (AvgIpc) is 2.37. The van der Waals surface area contributed by atoms with Crippen molar-refractivity contribution >= 4 is 11.6 Å². The predicted octanol–water partition coefficient (Wildman–Crippen LogP) is 4.08. The first-order valence-electron chi connectivity index (χ1n) is 7.70. The van der Waals surface area contributed by atoms with E-state index < -0.39 is 0 Å². The summed E-state index contributed by atoms with van der Waals surface area (Å²) < 4.78 is 13.6. The van der Waals surface area contributed by atoms with Crippen molar-refractivity contribution in [3.05, 3.63) is 34.6 Å². The van der Waals surface area contributed by atoms with Gasteiger partial charge in [0, 0.05) is 31.2 Å².